The molecule has 30 heavy (non-hydrogen) atoms. The van der Waals surface area contributed by atoms with Crippen molar-refractivity contribution in [1.29, 1.82) is 0 Å². The summed E-state index contributed by atoms with van der Waals surface area (Å²) >= 11 is 0. The molecule has 0 spiro atoms. The van der Waals surface area contributed by atoms with Crippen LogP contribution in [0.1, 0.15) is 48.6 Å². The lowest BCUT2D eigenvalue weighted by Gasteiger charge is -2.26. The van der Waals surface area contributed by atoms with E-state index in [0.717, 1.165) is 74.4 Å². The van der Waals surface area contributed by atoms with Crippen LogP contribution in [-0.2, 0) is 24.1 Å². The van der Waals surface area contributed by atoms with Gasteiger partial charge in [0.05, 0.1) is 24.2 Å². The van der Waals surface area contributed by atoms with Gasteiger partial charge in [0.25, 0.3) is 0 Å². The number of hydrogen-bond donors (Lipinski definition) is 1. The van der Waals surface area contributed by atoms with E-state index in [1.54, 1.807) is 0 Å². The third kappa shape index (κ3) is 5.35. The molecule has 0 aliphatic carbocycles. The zero-order chi connectivity index (χ0) is 20.8. The first-order valence-corrected chi connectivity index (χ1v) is 11.1. The first kappa shape index (κ1) is 20.8. The van der Waals surface area contributed by atoms with Gasteiger partial charge in [-0.1, -0.05) is 44.0 Å². The summed E-state index contributed by atoms with van der Waals surface area (Å²) in [6.07, 6.45) is 5.36. The first-order valence-electron chi connectivity index (χ1n) is 11.1. The summed E-state index contributed by atoms with van der Waals surface area (Å²) in [5.41, 5.74) is 12.8. The van der Waals surface area contributed by atoms with E-state index in [9.17, 15) is 0 Å². The molecule has 0 atom stereocenters. The topological polar surface area (TPSA) is 64.3 Å². The number of fused-ring (bicyclic) bond motifs is 1. The molecule has 1 aliphatic rings. The third-order valence-corrected chi connectivity index (χ3v) is 5.81. The van der Waals surface area contributed by atoms with Gasteiger partial charge in [-0.25, -0.2) is 4.98 Å². The molecule has 0 bridgehead atoms. The maximum absolute atomic E-state index is 6.16. The Morgan fingerprint density at radius 3 is 2.47 bits per heavy atom. The normalized spacial score (nSPS) is 15.0. The number of ether oxygens (including phenoxy) is 1. The van der Waals surface area contributed by atoms with Crippen LogP contribution >= 0.6 is 0 Å². The Labute approximate surface area is 179 Å². The maximum Gasteiger partial charge on any atom is 0.127 e. The molecule has 5 heteroatoms. The molecule has 2 aromatic heterocycles. The van der Waals surface area contributed by atoms with Crippen LogP contribution < -0.4 is 5.73 Å². The van der Waals surface area contributed by atoms with E-state index >= 15 is 0 Å². The number of aryl methyl sites for hydroxylation is 1. The predicted molar refractivity (Wildman–Crippen MR) is 123 cm³/mol. The number of unbranched alkanes of at least 4 members (excludes halogenated alkanes) is 2. The van der Waals surface area contributed by atoms with Crippen LogP contribution in [0, 0.1) is 0 Å². The number of nitrogen functional groups attached to an aromatic ring is 1. The minimum absolute atomic E-state index is 0.643. The van der Waals surface area contributed by atoms with Gasteiger partial charge in [-0.05, 0) is 47.7 Å². The fourth-order valence-electron chi connectivity index (χ4n) is 4.00. The van der Waals surface area contributed by atoms with E-state index in [1.165, 1.54) is 24.0 Å². The highest BCUT2D eigenvalue weighted by atomic mass is 16.5. The Bertz CT molecular complexity index is 965. The Kier molecular flexibility index (Phi) is 6.92. The van der Waals surface area contributed by atoms with Gasteiger partial charge in [0.2, 0.25) is 0 Å². The van der Waals surface area contributed by atoms with Crippen LogP contribution in [0.2, 0.25) is 0 Å². The molecule has 3 heterocycles. The highest BCUT2D eigenvalue weighted by molar-refractivity contribution is 5.77. The molecule has 0 unspecified atom stereocenters. The molecule has 4 rings (SSSR count). The van der Waals surface area contributed by atoms with Crippen LogP contribution in [0.4, 0.5) is 5.82 Å². The molecule has 3 aromatic rings. The Balaban J connectivity index is 1.44. The lowest BCUT2D eigenvalue weighted by molar-refractivity contribution is 0.0342. The van der Waals surface area contributed by atoms with Crippen molar-refractivity contribution in [2.45, 2.75) is 45.6 Å². The zero-order valence-electron chi connectivity index (χ0n) is 17.9. The van der Waals surface area contributed by atoms with Crippen molar-refractivity contribution in [3.8, 4) is 0 Å². The molecule has 1 fully saturated rings. The number of morpholine rings is 1. The van der Waals surface area contributed by atoms with Gasteiger partial charge in [-0.2, -0.15) is 0 Å². The minimum Gasteiger partial charge on any atom is -0.383 e. The monoisotopic (exact) mass is 404 g/mol. The molecule has 1 saturated heterocycles. The van der Waals surface area contributed by atoms with E-state index in [1.807, 2.05) is 6.07 Å². The van der Waals surface area contributed by atoms with E-state index in [-0.39, 0.29) is 0 Å². The highest BCUT2D eigenvalue weighted by Crippen LogP contribution is 2.21. The van der Waals surface area contributed by atoms with Crippen molar-refractivity contribution in [2.24, 2.45) is 0 Å². The number of aromatic nitrogens is 2. The molecular formula is C25H32N4O. The second-order valence-electron chi connectivity index (χ2n) is 8.21. The van der Waals surface area contributed by atoms with Crippen LogP contribution in [-0.4, -0.2) is 41.2 Å². The summed E-state index contributed by atoms with van der Waals surface area (Å²) in [5, 5.41) is 0. The molecule has 0 saturated carbocycles. The van der Waals surface area contributed by atoms with E-state index in [4.69, 9.17) is 15.5 Å². The average Bonchev–Trinajstić information content (AvgIpc) is 2.77. The molecular weight excluding hydrogens is 372 g/mol. The second kappa shape index (κ2) is 10.0. The van der Waals surface area contributed by atoms with Crippen molar-refractivity contribution < 1.29 is 4.74 Å². The van der Waals surface area contributed by atoms with Crippen LogP contribution in [0.5, 0.6) is 0 Å². The number of nitrogens with zero attached hydrogens (tertiary/aromatic N) is 3. The van der Waals surface area contributed by atoms with E-state index in [0.29, 0.717) is 5.82 Å². The minimum atomic E-state index is 0.643. The lowest BCUT2D eigenvalue weighted by atomic mass is 10.1. The Morgan fingerprint density at radius 1 is 0.933 bits per heavy atom. The molecule has 5 nitrogen and oxygen atoms in total. The fraction of sp³-hybridized carbons (Fsp3) is 0.440. The highest BCUT2D eigenvalue weighted by Gasteiger charge is 2.11. The molecule has 0 amide bonds. The van der Waals surface area contributed by atoms with Crippen molar-refractivity contribution >= 4 is 16.9 Å². The SMILES string of the molecule is CCCCCc1cc2nc(Cc3ccc(CN4CCOCC4)cc3)ccc2nc1N. The summed E-state index contributed by atoms with van der Waals surface area (Å²) in [5.74, 6) is 0.643. The molecule has 1 aromatic carbocycles. The van der Waals surface area contributed by atoms with Gasteiger partial charge < -0.3 is 10.5 Å². The summed E-state index contributed by atoms with van der Waals surface area (Å²) in [6.45, 7) is 6.92. The molecule has 2 N–H and O–H groups in total. The summed E-state index contributed by atoms with van der Waals surface area (Å²) in [6, 6.07) is 15.1. The standard InChI is InChI=1S/C25H32N4O/c1-2-3-4-5-21-17-24-23(28-25(21)26)11-10-22(27-24)16-19-6-8-20(9-7-19)18-29-12-14-30-15-13-29/h6-11,17H,2-5,12-16,18H2,1H3,(H2,26,28). The molecule has 158 valence electrons. The first-order chi connectivity index (χ1) is 14.7. The quantitative estimate of drug-likeness (QED) is 0.565. The van der Waals surface area contributed by atoms with Crippen LogP contribution in [0.3, 0.4) is 0 Å². The van der Waals surface area contributed by atoms with Gasteiger partial charge in [-0.15, -0.1) is 0 Å². The van der Waals surface area contributed by atoms with Crippen molar-refractivity contribution in [3.05, 3.63) is 64.8 Å². The average molecular weight is 405 g/mol. The van der Waals surface area contributed by atoms with E-state index in [2.05, 4.69) is 53.2 Å². The van der Waals surface area contributed by atoms with Gasteiger partial charge >= 0.3 is 0 Å². The van der Waals surface area contributed by atoms with Crippen molar-refractivity contribution in [1.82, 2.24) is 14.9 Å². The molecule has 0 radical (unpaired) electrons. The van der Waals surface area contributed by atoms with Gasteiger partial charge in [0.15, 0.2) is 0 Å². The Hall–Kier alpha value is -2.50. The summed E-state index contributed by atoms with van der Waals surface area (Å²) in [4.78, 5) is 11.9. The van der Waals surface area contributed by atoms with Gasteiger partial charge in [-0.3, -0.25) is 9.88 Å². The second-order valence-corrected chi connectivity index (χ2v) is 8.21. The summed E-state index contributed by atoms with van der Waals surface area (Å²) in [7, 11) is 0. The van der Waals surface area contributed by atoms with Gasteiger partial charge in [0, 0.05) is 31.7 Å². The van der Waals surface area contributed by atoms with E-state index < -0.39 is 0 Å². The molecule has 1 aliphatic heterocycles. The number of benzene rings is 1. The number of anilines is 1. The fourth-order valence-corrected chi connectivity index (χ4v) is 4.00. The lowest BCUT2D eigenvalue weighted by Crippen LogP contribution is -2.35. The number of hydrogen-bond acceptors (Lipinski definition) is 5. The van der Waals surface area contributed by atoms with Crippen LogP contribution in [0.15, 0.2) is 42.5 Å². The predicted octanol–water partition coefficient (Wildman–Crippen LogP) is 4.37. The van der Waals surface area contributed by atoms with Crippen LogP contribution in [0.25, 0.3) is 11.0 Å². The Morgan fingerprint density at radius 2 is 1.70 bits per heavy atom. The van der Waals surface area contributed by atoms with Crippen molar-refractivity contribution in [3.63, 3.8) is 0 Å². The van der Waals surface area contributed by atoms with Gasteiger partial charge in [0.1, 0.15) is 5.82 Å². The zero-order valence-corrected chi connectivity index (χ0v) is 17.9. The van der Waals surface area contributed by atoms with Crippen molar-refractivity contribution in [2.75, 3.05) is 32.0 Å². The smallest absolute Gasteiger partial charge is 0.127 e. The third-order valence-electron chi connectivity index (χ3n) is 5.81. The number of nitrogens with two attached hydrogens (primary N) is 1. The summed E-state index contributed by atoms with van der Waals surface area (Å²) < 4.78 is 5.43. The number of pyridine rings is 2. The maximum atomic E-state index is 6.16. The number of rotatable bonds is 8. The largest absolute Gasteiger partial charge is 0.383 e.